The maximum atomic E-state index is 12.1. The molecular weight excluding hydrogens is 200 g/mol. The molecule has 1 saturated heterocycles. The minimum atomic E-state index is -2.30. The van der Waals surface area contributed by atoms with Crippen LogP contribution in [0.1, 0.15) is 20.3 Å². The molecule has 15 heavy (non-hydrogen) atoms. The van der Waals surface area contributed by atoms with E-state index in [0.717, 1.165) is 19.5 Å². The van der Waals surface area contributed by atoms with E-state index in [1.807, 2.05) is 0 Å². The first kappa shape index (κ1) is 12.8. The first-order valence-corrected chi connectivity index (χ1v) is 5.46. The van der Waals surface area contributed by atoms with Crippen molar-refractivity contribution < 1.29 is 8.78 Å². The zero-order valence-electron chi connectivity index (χ0n) is 9.47. The van der Waals surface area contributed by atoms with Gasteiger partial charge in [0.15, 0.2) is 0 Å². The van der Waals surface area contributed by atoms with Crippen molar-refractivity contribution in [1.82, 2.24) is 10.2 Å². The van der Waals surface area contributed by atoms with Crippen LogP contribution in [0.3, 0.4) is 0 Å². The molecule has 0 aliphatic carbocycles. The van der Waals surface area contributed by atoms with Crippen LogP contribution in [0.4, 0.5) is 8.78 Å². The lowest BCUT2D eigenvalue weighted by molar-refractivity contribution is 0.128. The fraction of sp³-hybridized carbons (Fsp3) is 1.00. The van der Waals surface area contributed by atoms with Crippen LogP contribution in [0, 0.1) is 0 Å². The molecule has 1 rings (SSSR count). The van der Waals surface area contributed by atoms with Crippen molar-refractivity contribution in [3.8, 4) is 0 Å². The second-order valence-corrected chi connectivity index (χ2v) is 4.57. The van der Waals surface area contributed by atoms with Crippen LogP contribution in [0.25, 0.3) is 0 Å². The summed E-state index contributed by atoms with van der Waals surface area (Å²) in [4.78, 5) is 2.27. The molecule has 0 aromatic heterocycles. The predicted octanol–water partition coefficient (Wildman–Crippen LogP) is 0.653. The van der Waals surface area contributed by atoms with Gasteiger partial charge in [-0.3, -0.25) is 4.90 Å². The first-order chi connectivity index (χ1) is 6.99. The van der Waals surface area contributed by atoms with Crippen molar-refractivity contribution in [1.29, 1.82) is 0 Å². The molecule has 1 aliphatic heterocycles. The van der Waals surface area contributed by atoms with Gasteiger partial charge in [-0.25, -0.2) is 8.78 Å². The van der Waals surface area contributed by atoms with Crippen LogP contribution in [0.5, 0.6) is 0 Å². The van der Waals surface area contributed by atoms with Crippen LogP contribution in [-0.2, 0) is 0 Å². The van der Waals surface area contributed by atoms with Gasteiger partial charge in [0, 0.05) is 31.2 Å². The fourth-order valence-corrected chi connectivity index (χ4v) is 2.02. The standard InChI is InChI=1S/C10H21F2N3/c1-8(2)15-4-3-10(6-13,7-15)14-5-9(11)12/h8-9,14H,3-7,13H2,1-2H3. The molecule has 1 unspecified atom stereocenters. The van der Waals surface area contributed by atoms with Gasteiger partial charge in [-0.05, 0) is 20.3 Å². The summed E-state index contributed by atoms with van der Waals surface area (Å²) in [5.74, 6) is 0. The molecule has 1 atom stereocenters. The summed E-state index contributed by atoms with van der Waals surface area (Å²) in [7, 11) is 0. The van der Waals surface area contributed by atoms with E-state index < -0.39 is 6.43 Å². The summed E-state index contributed by atoms with van der Waals surface area (Å²) >= 11 is 0. The average molecular weight is 221 g/mol. The Morgan fingerprint density at radius 2 is 2.13 bits per heavy atom. The Bertz CT molecular complexity index is 199. The van der Waals surface area contributed by atoms with E-state index in [-0.39, 0.29) is 12.1 Å². The SMILES string of the molecule is CC(C)N1CCC(CN)(NCC(F)F)C1. The maximum Gasteiger partial charge on any atom is 0.250 e. The third-order valence-corrected chi connectivity index (χ3v) is 3.14. The van der Waals surface area contributed by atoms with Gasteiger partial charge in [0.05, 0.1) is 6.54 Å². The number of nitrogens with zero attached hydrogens (tertiary/aromatic N) is 1. The number of likely N-dealkylation sites (tertiary alicyclic amines) is 1. The van der Waals surface area contributed by atoms with E-state index in [0.29, 0.717) is 12.6 Å². The second-order valence-electron chi connectivity index (χ2n) is 4.57. The highest BCUT2D eigenvalue weighted by atomic mass is 19.3. The Kier molecular flexibility index (Phi) is 4.43. The summed E-state index contributed by atoms with van der Waals surface area (Å²) in [6.45, 7) is 6.09. The molecule has 3 N–H and O–H groups in total. The van der Waals surface area contributed by atoms with E-state index in [1.54, 1.807) is 0 Å². The zero-order valence-corrected chi connectivity index (χ0v) is 9.47. The quantitative estimate of drug-likeness (QED) is 0.716. The number of alkyl halides is 2. The number of rotatable bonds is 5. The van der Waals surface area contributed by atoms with Crippen LogP contribution in [-0.4, -0.2) is 49.1 Å². The molecule has 5 heteroatoms. The molecule has 3 nitrogen and oxygen atoms in total. The van der Waals surface area contributed by atoms with Crippen molar-refractivity contribution in [3.63, 3.8) is 0 Å². The van der Waals surface area contributed by atoms with Gasteiger partial charge in [0.2, 0.25) is 0 Å². The van der Waals surface area contributed by atoms with Gasteiger partial charge in [0.1, 0.15) is 0 Å². The molecule has 0 aromatic carbocycles. The molecule has 0 aromatic rings. The van der Waals surface area contributed by atoms with E-state index in [1.165, 1.54) is 0 Å². The largest absolute Gasteiger partial charge is 0.329 e. The molecule has 0 radical (unpaired) electrons. The lowest BCUT2D eigenvalue weighted by Crippen LogP contribution is -2.54. The Hall–Kier alpha value is -0.260. The Morgan fingerprint density at radius 3 is 2.53 bits per heavy atom. The van der Waals surface area contributed by atoms with Crippen LogP contribution >= 0.6 is 0 Å². The Labute approximate surface area is 90.0 Å². The van der Waals surface area contributed by atoms with Gasteiger partial charge < -0.3 is 11.1 Å². The monoisotopic (exact) mass is 221 g/mol. The van der Waals surface area contributed by atoms with Crippen molar-refractivity contribution in [2.45, 2.75) is 38.3 Å². The lowest BCUT2D eigenvalue weighted by atomic mass is 9.99. The highest BCUT2D eigenvalue weighted by Gasteiger charge is 2.37. The topological polar surface area (TPSA) is 41.3 Å². The number of halogens is 2. The van der Waals surface area contributed by atoms with Crippen molar-refractivity contribution in [3.05, 3.63) is 0 Å². The average Bonchev–Trinajstić information content (AvgIpc) is 2.60. The number of nitrogens with two attached hydrogens (primary N) is 1. The first-order valence-electron chi connectivity index (χ1n) is 5.46. The predicted molar refractivity (Wildman–Crippen MR) is 57.1 cm³/mol. The van der Waals surface area contributed by atoms with Gasteiger partial charge in [-0.2, -0.15) is 0 Å². The van der Waals surface area contributed by atoms with Gasteiger partial charge in [0.25, 0.3) is 6.43 Å². The van der Waals surface area contributed by atoms with Crippen LogP contribution in [0.15, 0.2) is 0 Å². The lowest BCUT2D eigenvalue weighted by Gasteiger charge is -2.30. The van der Waals surface area contributed by atoms with E-state index in [4.69, 9.17) is 5.73 Å². The Balaban J connectivity index is 2.48. The molecule has 90 valence electrons. The molecule has 1 fully saturated rings. The van der Waals surface area contributed by atoms with Crippen molar-refractivity contribution >= 4 is 0 Å². The number of nitrogens with one attached hydrogen (secondary N) is 1. The highest BCUT2D eigenvalue weighted by molar-refractivity contribution is 4.99. The highest BCUT2D eigenvalue weighted by Crippen LogP contribution is 2.22. The van der Waals surface area contributed by atoms with Gasteiger partial charge >= 0.3 is 0 Å². The number of hydrogen-bond donors (Lipinski definition) is 2. The molecule has 1 aliphatic rings. The van der Waals surface area contributed by atoms with Crippen LogP contribution in [0.2, 0.25) is 0 Å². The van der Waals surface area contributed by atoms with Crippen molar-refractivity contribution in [2.75, 3.05) is 26.2 Å². The summed E-state index contributed by atoms with van der Waals surface area (Å²) in [6, 6.07) is 0.451. The number of hydrogen-bond acceptors (Lipinski definition) is 3. The minimum absolute atomic E-state index is 0.261. The molecule has 0 amide bonds. The third kappa shape index (κ3) is 3.36. The maximum absolute atomic E-state index is 12.1. The normalized spacial score (nSPS) is 28.2. The molecule has 0 spiro atoms. The summed E-state index contributed by atoms with van der Waals surface area (Å²) in [5, 5.41) is 2.91. The third-order valence-electron chi connectivity index (χ3n) is 3.14. The van der Waals surface area contributed by atoms with Crippen LogP contribution < -0.4 is 11.1 Å². The summed E-state index contributed by atoms with van der Waals surface area (Å²) in [6.07, 6.45) is -1.45. The molecule has 1 heterocycles. The van der Waals surface area contributed by atoms with E-state index >= 15 is 0 Å². The Morgan fingerprint density at radius 1 is 1.47 bits per heavy atom. The van der Waals surface area contributed by atoms with Crippen molar-refractivity contribution in [2.24, 2.45) is 5.73 Å². The fourth-order valence-electron chi connectivity index (χ4n) is 2.02. The van der Waals surface area contributed by atoms with E-state index in [2.05, 4.69) is 24.1 Å². The van der Waals surface area contributed by atoms with Gasteiger partial charge in [-0.15, -0.1) is 0 Å². The van der Waals surface area contributed by atoms with E-state index in [9.17, 15) is 8.78 Å². The molecular formula is C10H21F2N3. The van der Waals surface area contributed by atoms with Gasteiger partial charge in [-0.1, -0.05) is 0 Å². The smallest absolute Gasteiger partial charge is 0.250 e. The minimum Gasteiger partial charge on any atom is -0.329 e. The summed E-state index contributed by atoms with van der Waals surface area (Å²) in [5.41, 5.74) is 5.38. The second kappa shape index (κ2) is 5.18. The molecule has 0 saturated carbocycles. The zero-order chi connectivity index (χ0) is 11.5. The summed E-state index contributed by atoms with van der Waals surface area (Å²) < 4.78 is 24.3. The molecule has 0 bridgehead atoms.